The van der Waals surface area contributed by atoms with Crippen LogP contribution in [0.15, 0.2) is 28.1 Å². The fraction of sp³-hybridized carbons (Fsp3) is 0.154. The number of carboxylic acid groups (broad SMARTS) is 1. The lowest BCUT2D eigenvalue weighted by atomic mass is 10.2. The monoisotopic (exact) mass is 370 g/mol. The standard InChI is InChI=1S/C13H11BrN2O4S/c1-20-7-2-3-9(14)8(4-7)12(17)15-5-11-16-10(6-21-11)13(18)19/h2-4,6H,5H2,1H3,(H,15,17)(H,18,19). The molecule has 2 aromatic rings. The van der Waals surface area contributed by atoms with Crippen LogP contribution in [-0.2, 0) is 6.54 Å². The molecule has 0 saturated carbocycles. The maximum Gasteiger partial charge on any atom is 0.355 e. The summed E-state index contributed by atoms with van der Waals surface area (Å²) in [6.07, 6.45) is 0. The first kappa shape index (κ1) is 15.5. The highest BCUT2D eigenvalue weighted by atomic mass is 79.9. The zero-order valence-electron chi connectivity index (χ0n) is 10.9. The van der Waals surface area contributed by atoms with Crippen molar-refractivity contribution in [1.82, 2.24) is 10.3 Å². The van der Waals surface area contributed by atoms with Gasteiger partial charge in [-0.1, -0.05) is 0 Å². The number of carbonyl (C=O) groups excluding carboxylic acids is 1. The minimum atomic E-state index is -1.08. The molecular formula is C13H11BrN2O4S. The second-order valence-electron chi connectivity index (χ2n) is 3.96. The highest BCUT2D eigenvalue weighted by Gasteiger charge is 2.13. The zero-order valence-corrected chi connectivity index (χ0v) is 13.3. The average Bonchev–Trinajstić information content (AvgIpc) is 2.94. The van der Waals surface area contributed by atoms with Crippen LogP contribution >= 0.6 is 27.3 Å². The number of carbonyl (C=O) groups is 2. The summed E-state index contributed by atoms with van der Waals surface area (Å²) in [6.45, 7) is 0.167. The Morgan fingerprint density at radius 3 is 2.86 bits per heavy atom. The normalized spacial score (nSPS) is 10.2. The van der Waals surface area contributed by atoms with Crippen molar-refractivity contribution in [2.75, 3.05) is 7.11 Å². The minimum Gasteiger partial charge on any atom is -0.497 e. The Morgan fingerprint density at radius 2 is 2.24 bits per heavy atom. The van der Waals surface area contributed by atoms with Gasteiger partial charge in [-0.05, 0) is 34.1 Å². The van der Waals surface area contributed by atoms with E-state index in [0.29, 0.717) is 20.8 Å². The maximum atomic E-state index is 12.1. The van der Waals surface area contributed by atoms with Crippen molar-refractivity contribution < 1.29 is 19.4 Å². The summed E-state index contributed by atoms with van der Waals surface area (Å²) in [5.74, 6) is -0.807. The van der Waals surface area contributed by atoms with Gasteiger partial charge in [0.1, 0.15) is 10.8 Å². The number of halogens is 1. The molecule has 1 aromatic heterocycles. The SMILES string of the molecule is COc1ccc(Br)c(C(=O)NCc2nc(C(=O)O)cs2)c1. The molecule has 2 rings (SSSR count). The number of amides is 1. The van der Waals surface area contributed by atoms with Gasteiger partial charge in [0, 0.05) is 9.85 Å². The van der Waals surface area contributed by atoms with E-state index in [1.807, 2.05) is 0 Å². The molecule has 2 N–H and O–H groups in total. The van der Waals surface area contributed by atoms with Gasteiger partial charge in [0.2, 0.25) is 0 Å². The Labute approximate surface area is 132 Å². The lowest BCUT2D eigenvalue weighted by molar-refractivity contribution is 0.0691. The van der Waals surface area contributed by atoms with Crippen molar-refractivity contribution in [3.8, 4) is 5.75 Å². The first-order valence-electron chi connectivity index (χ1n) is 5.80. The Hall–Kier alpha value is -1.93. The van der Waals surface area contributed by atoms with Crippen LogP contribution in [0.25, 0.3) is 0 Å². The van der Waals surface area contributed by atoms with Gasteiger partial charge in [-0.3, -0.25) is 4.79 Å². The summed E-state index contributed by atoms with van der Waals surface area (Å²) < 4.78 is 5.72. The van der Waals surface area contributed by atoms with Gasteiger partial charge in [-0.2, -0.15) is 0 Å². The summed E-state index contributed by atoms with van der Waals surface area (Å²) >= 11 is 4.49. The third kappa shape index (κ3) is 3.79. The number of nitrogens with one attached hydrogen (secondary N) is 1. The molecule has 6 nitrogen and oxygen atoms in total. The molecule has 0 aliphatic heterocycles. The number of carboxylic acids is 1. The van der Waals surface area contributed by atoms with Gasteiger partial charge in [0.25, 0.3) is 5.91 Å². The molecule has 21 heavy (non-hydrogen) atoms. The van der Waals surface area contributed by atoms with Crippen molar-refractivity contribution in [3.05, 3.63) is 44.3 Å². The van der Waals surface area contributed by atoms with Crippen LogP contribution in [-0.4, -0.2) is 29.1 Å². The predicted octanol–water partition coefficient (Wildman–Crippen LogP) is 2.54. The number of ether oxygens (including phenoxy) is 1. The van der Waals surface area contributed by atoms with E-state index in [0.717, 1.165) is 0 Å². The largest absolute Gasteiger partial charge is 0.497 e. The Kier molecular flexibility index (Phi) is 4.92. The first-order valence-corrected chi connectivity index (χ1v) is 7.48. The van der Waals surface area contributed by atoms with Gasteiger partial charge < -0.3 is 15.2 Å². The van der Waals surface area contributed by atoms with Crippen LogP contribution in [0.3, 0.4) is 0 Å². The van der Waals surface area contributed by atoms with Crippen LogP contribution in [0.2, 0.25) is 0 Å². The number of methoxy groups -OCH3 is 1. The fourth-order valence-electron chi connectivity index (χ4n) is 1.55. The molecule has 0 radical (unpaired) electrons. The van der Waals surface area contributed by atoms with Gasteiger partial charge in [-0.25, -0.2) is 9.78 Å². The molecule has 0 aliphatic rings. The quantitative estimate of drug-likeness (QED) is 0.843. The van der Waals surface area contributed by atoms with Gasteiger partial charge in [-0.15, -0.1) is 11.3 Å². The number of aromatic carboxylic acids is 1. The number of rotatable bonds is 5. The van der Waals surface area contributed by atoms with Crippen molar-refractivity contribution in [2.45, 2.75) is 6.54 Å². The van der Waals surface area contributed by atoms with E-state index in [-0.39, 0.29) is 18.1 Å². The van der Waals surface area contributed by atoms with E-state index in [1.54, 1.807) is 18.2 Å². The first-order chi connectivity index (χ1) is 10.0. The van der Waals surface area contributed by atoms with Crippen molar-refractivity contribution >= 4 is 39.1 Å². The Morgan fingerprint density at radius 1 is 1.48 bits per heavy atom. The summed E-state index contributed by atoms with van der Waals surface area (Å²) in [7, 11) is 1.52. The smallest absolute Gasteiger partial charge is 0.355 e. The molecular weight excluding hydrogens is 360 g/mol. The lowest BCUT2D eigenvalue weighted by Crippen LogP contribution is -2.23. The summed E-state index contributed by atoms with van der Waals surface area (Å²) in [6, 6.07) is 5.07. The summed E-state index contributed by atoms with van der Waals surface area (Å²) in [5, 5.41) is 13.4. The highest BCUT2D eigenvalue weighted by Crippen LogP contribution is 2.22. The zero-order chi connectivity index (χ0) is 15.4. The molecule has 1 amide bonds. The number of nitrogens with zero attached hydrogens (tertiary/aromatic N) is 1. The number of thiazole rings is 1. The number of hydrogen-bond donors (Lipinski definition) is 2. The maximum absolute atomic E-state index is 12.1. The van der Waals surface area contributed by atoms with Crippen LogP contribution in [0.5, 0.6) is 5.75 Å². The molecule has 0 saturated heterocycles. The summed E-state index contributed by atoms with van der Waals surface area (Å²) in [4.78, 5) is 26.7. The fourth-order valence-corrected chi connectivity index (χ4v) is 2.68. The van der Waals surface area contributed by atoms with Crippen LogP contribution in [0.1, 0.15) is 25.9 Å². The van der Waals surface area contributed by atoms with Crippen molar-refractivity contribution in [2.24, 2.45) is 0 Å². The topological polar surface area (TPSA) is 88.5 Å². The molecule has 1 aromatic carbocycles. The second-order valence-corrected chi connectivity index (χ2v) is 5.76. The van der Waals surface area contributed by atoms with E-state index >= 15 is 0 Å². The van der Waals surface area contributed by atoms with Crippen molar-refractivity contribution in [3.63, 3.8) is 0 Å². The molecule has 0 bridgehead atoms. The highest BCUT2D eigenvalue weighted by molar-refractivity contribution is 9.10. The Bertz CT molecular complexity index is 687. The van der Waals surface area contributed by atoms with E-state index in [9.17, 15) is 9.59 Å². The number of hydrogen-bond acceptors (Lipinski definition) is 5. The predicted molar refractivity (Wildman–Crippen MR) is 80.9 cm³/mol. The second kappa shape index (κ2) is 6.68. The van der Waals surface area contributed by atoms with E-state index in [1.165, 1.54) is 23.8 Å². The molecule has 0 unspecified atom stereocenters. The van der Waals surface area contributed by atoms with Crippen LogP contribution < -0.4 is 10.1 Å². The third-order valence-electron chi connectivity index (χ3n) is 2.59. The molecule has 0 fully saturated rings. The van der Waals surface area contributed by atoms with E-state index in [2.05, 4.69) is 26.2 Å². The van der Waals surface area contributed by atoms with E-state index in [4.69, 9.17) is 9.84 Å². The van der Waals surface area contributed by atoms with Gasteiger partial charge in [0.15, 0.2) is 5.69 Å². The third-order valence-corrected chi connectivity index (χ3v) is 4.13. The molecule has 110 valence electrons. The van der Waals surface area contributed by atoms with E-state index < -0.39 is 5.97 Å². The van der Waals surface area contributed by atoms with Crippen LogP contribution in [0.4, 0.5) is 0 Å². The molecule has 0 atom stereocenters. The molecule has 0 spiro atoms. The minimum absolute atomic E-state index is 0.0215. The number of aromatic nitrogens is 1. The lowest BCUT2D eigenvalue weighted by Gasteiger charge is -2.07. The van der Waals surface area contributed by atoms with Gasteiger partial charge in [0.05, 0.1) is 19.2 Å². The molecule has 0 aliphatic carbocycles. The Balaban J connectivity index is 2.05. The van der Waals surface area contributed by atoms with Gasteiger partial charge >= 0.3 is 5.97 Å². The molecule has 1 heterocycles. The summed E-state index contributed by atoms with van der Waals surface area (Å²) in [5.41, 5.74) is 0.413. The number of benzene rings is 1. The molecule has 8 heteroatoms. The van der Waals surface area contributed by atoms with Crippen LogP contribution in [0, 0.1) is 0 Å². The average molecular weight is 371 g/mol. The van der Waals surface area contributed by atoms with Crippen molar-refractivity contribution in [1.29, 1.82) is 0 Å².